The predicted molar refractivity (Wildman–Crippen MR) is 58.5 cm³/mol. The average molecular weight is 198 g/mol. The van der Waals surface area contributed by atoms with Crippen LogP contribution in [0.5, 0.6) is 0 Å². The van der Waals surface area contributed by atoms with Gasteiger partial charge in [-0.15, -0.1) is 12.4 Å². The Morgan fingerprint density at radius 3 is 2.31 bits per heavy atom. The fourth-order valence-electron chi connectivity index (χ4n) is 1.59. The predicted octanol–water partition coefficient (Wildman–Crippen LogP) is 2.54. The van der Waals surface area contributed by atoms with E-state index in [2.05, 4.69) is 32.0 Å². The van der Waals surface area contributed by atoms with E-state index in [9.17, 15) is 0 Å². The number of rotatable bonds is 1. The summed E-state index contributed by atoms with van der Waals surface area (Å²) in [6, 6.07) is 7.09. The Morgan fingerprint density at radius 1 is 1.23 bits per heavy atom. The highest BCUT2D eigenvalue weighted by Crippen LogP contribution is 2.39. The van der Waals surface area contributed by atoms with E-state index in [1.54, 1.807) is 0 Å². The van der Waals surface area contributed by atoms with E-state index >= 15 is 0 Å². The minimum absolute atomic E-state index is 0. The number of nitrogens with two attached hydrogens (primary N) is 1. The molecule has 0 amide bonds. The molecule has 72 valence electrons. The molecule has 0 aliphatic heterocycles. The second-order valence-corrected chi connectivity index (χ2v) is 3.85. The number of halogens is 1. The maximum Gasteiger partial charge on any atom is 0.0115 e. The number of benzene rings is 1. The van der Waals surface area contributed by atoms with Crippen LogP contribution in [-0.4, -0.2) is 6.04 Å². The van der Waals surface area contributed by atoms with Gasteiger partial charge in [0.2, 0.25) is 0 Å². The van der Waals surface area contributed by atoms with Crippen LogP contribution >= 0.6 is 12.4 Å². The van der Waals surface area contributed by atoms with Crippen molar-refractivity contribution >= 4 is 12.4 Å². The molecular weight excluding hydrogens is 182 g/mol. The lowest BCUT2D eigenvalue weighted by Gasteiger charge is -2.03. The first-order chi connectivity index (χ1) is 5.68. The Morgan fingerprint density at radius 2 is 1.85 bits per heavy atom. The van der Waals surface area contributed by atoms with Crippen molar-refractivity contribution in [2.24, 2.45) is 5.73 Å². The van der Waals surface area contributed by atoms with E-state index in [1.165, 1.54) is 23.1 Å². The second-order valence-electron chi connectivity index (χ2n) is 3.85. The molecular formula is C11H16ClN. The Hall–Kier alpha value is -0.530. The van der Waals surface area contributed by atoms with Gasteiger partial charge in [-0.1, -0.05) is 18.2 Å². The van der Waals surface area contributed by atoms with Crippen LogP contribution in [0.2, 0.25) is 0 Å². The summed E-state index contributed by atoms with van der Waals surface area (Å²) in [6.45, 7) is 4.30. The van der Waals surface area contributed by atoms with Crippen LogP contribution in [0.15, 0.2) is 18.2 Å². The maximum atomic E-state index is 5.79. The highest BCUT2D eigenvalue weighted by molar-refractivity contribution is 5.85. The summed E-state index contributed by atoms with van der Waals surface area (Å²) in [6.07, 6.45) is 1.17. The van der Waals surface area contributed by atoms with Gasteiger partial charge < -0.3 is 5.73 Å². The molecule has 0 spiro atoms. The van der Waals surface area contributed by atoms with Gasteiger partial charge in [0.15, 0.2) is 0 Å². The van der Waals surface area contributed by atoms with Crippen LogP contribution in [0.4, 0.5) is 0 Å². The summed E-state index contributed by atoms with van der Waals surface area (Å²) in [5.41, 5.74) is 9.96. The van der Waals surface area contributed by atoms with Crippen molar-refractivity contribution in [2.75, 3.05) is 0 Å². The van der Waals surface area contributed by atoms with E-state index < -0.39 is 0 Å². The maximum absolute atomic E-state index is 5.79. The van der Waals surface area contributed by atoms with Crippen molar-refractivity contribution in [1.29, 1.82) is 0 Å². The molecule has 2 atom stereocenters. The van der Waals surface area contributed by atoms with Crippen LogP contribution < -0.4 is 5.73 Å². The van der Waals surface area contributed by atoms with Gasteiger partial charge in [0.1, 0.15) is 0 Å². The molecule has 1 fully saturated rings. The van der Waals surface area contributed by atoms with Gasteiger partial charge in [0.05, 0.1) is 0 Å². The zero-order chi connectivity index (χ0) is 8.72. The first-order valence-electron chi connectivity index (χ1n) is 4.51. The zero-order valence-corrected chi connectivity index (χ0v) is 8.90. The van der Waals surface area contributed by atoms with Crippen LogP contribution in [-0.2, 0) is 0 Å². The molecule has 13 heavy (non-hydrogen) atoms. The minimum Gasteiger partial charge on any atom is -0.327 e. The Labute approximate surface area is 85.7 Å². The molecule has 0 saturated heterocycles. The monoisotopic (exact) mass is 197 g/mol. The van der Waals surface area contributed by atoms with Crippen molar-refractivity contribution in [3.63, 3.8) is 0 Å². The molecule has 0 radical (unpaired) electrons. The molecule has 2 rings (SSSR count). The van der Waals surface area contributed by atoms with Crippen molar-refractivity contribution in [3.8, 4) is 0 Å². The zero-order valence-electron chi connectivity index (χ0n) is 8.08. The first-order valence-corrected chi connectivity index (χ1v) is 4.51. The highest BCUT2D eigenvalue weighted by atomic mass is 35.5. The summed E-state index contributed by atoms with van der Waals surface area (Å²) >= 11 is 0. The summed E-state index contributed by atoms with van der Waals surface area (Å²) in [7, 11) is 0. The van der Waals surface area contributed by atoms with Crippen molar-refractivity contribution in [2.45, 2.75) is 32.2 Å². The van der Waals surface area contributed by atoms with Crippen LogP contribution in [0.3, 0.4) is 0 Å². The lowest BCUT2D eigenvalue weighted by atomic mass is 10.0. The molecule has 0 heterocycles. The van der Waals surface area contributed by atoms with Gasteiger partial charge in [-0.2, -0.15) is 0 Å². The van der Waals surface area contributed by atoms with E-state index in [4.69, 9.17) is 5.73 Å². The standard InChI is InChI=1S/C11H15N.ClH/c1-7-3-4-9(5-8(7)2)10-6-11(10)12;/h3-5,10-11H,6,12H2,1-2H3;1H. The second kappa shape index (κ2) is 3.69. The molecule has 2 unspecified atom stereocenters. The summed E-state index contributed by atoms with van der Waals surface area (Å²) in [5.74, 6) is 0.643. The smallest absolute Gasteiger partial charge is 0.0115 e. The number of hydrogen-bond donors (Lipinski definition) is 1. The van der Waals surface area contributed by atoms with Crippen molar-refractivity contribution < 1.29 is 0 Å². The van der Waals surface area contributed by atoms with Gasteiger partial charge in [-0.3, -0.25) is 0 Å². The van der Waals surface area contributed by atoms with Crippen LogP contribution in [0, 0.1) is 13.8 Å². The van der Waals surface area contributed by atoms with E-state index in [0.29, 0.717) is 12.0 Å². The lowest BCUT2D eigenvalue weighted by molar-refractivity contribution is 0.987. The number of aryl methyl sites for hydroxylation is 2. The molecule has 1 aliphatic rings. The topological polar surface area (TPSA) is 26.0 Å². The fraction of sp³-hybridized carbons (Fsp3) is 0.455. The largest absolute Gasteiger partial charge is 0.327 e. The third-order valence-electron chi connectivity index (χ3n) is 2.80. The SMILES string of the molecule is Cc1ccc(C2CC2N)cc1C.Cl. The minimum atomic E-state index is 0. The summed E-state index contributed by atoms with van der Waals surface area (Å²) in [4.78, 5) is 0. The summed E-state index contributed by atoms with van der Waals surface area (Å²) in [5, 5.41) is 0. The van der Waals surface area contributed by atoms with E-state index in [0.717, 1.165) is 0 Å². The third-order valence-corrected chi connectivity index (χ3v) is 2.80. The quantitative estimate of drug-likeness (QED) is 0.736. The van der Waals surface area contributed by atoms with Gasteiger partial charge in [0, 0.05) is 12.0 Å². The van der Waals surface area contributed by atoms with Gasteiger partial charge in [-0.05, 0) is 37.0 Å². The normalized spacial score (nSPS) is 25.2. The van der Waals surface area contributed by atoms with Crippen molar-refractivity contribution in [1.82, 2.24) is 0 Å². The molecule has 2 N–H and O–H groups in total. The third kappa shape index (κ3) is 2.04. The molecule has 1 aromatic carbocycles. The lowest BCUT2D eigenvalue weighted by Crippen LogP contribution is -2.01. The molecule has 1 aromatic rings. The van der Waals surface area contributed by atoms with Crippen LogP contribution in [0.25, 0.3) is 0 Å². The van der Waals surface area contributed by atoms with E-state index in [-0.39, 0.29) is 12.4 Å². The number of hydrogen-bond acceptors (Lipinski definition) is 1. The van der Waals surface area contributed by atoms with Crippen molar-refractivity contribution in [3.05, 3.63) is 34.9 Å². The molecule has 2 heteroatoms. The highest BCUT2D eigenvalue weighted by Gasteiger charge is 2.34. The van der Waals surface area contributed by atoms with Gasteiger partial charge in [-0.25, -0.2) is 0 Å². The van der Waals surface area contributed by atoms with Crippen LogP contribution in [0.1, 0.15) is 29.0 Å². The summed E-state index contributed by atoms with van der Waals surface area (Å²) < 4.78 is 0. The Balaban J connectivity index is 0.000000845. The Kier molecular flexibility index (Phi) is 2.99. The van der Waals surface area contributed by atoms with Gasteiger partial charge >= 0.3 is 0 Å². The fourth-order valence-corrected chi connectivity index (χ4v) is 1.59. The van der Waals surface area contributed by atoms with E-state index in [1.807, 2.05) is 0 Å². The van der Waals surface area contributed by atoms with Gasteiger partial charge in [0.25, 0.3) is 0 Å². The molecule has 1 saturated carbocycles. The molecule has 1 aliphatic carbocycles. The molecule has 0 bridgehead atoms. The first kappa shape index (κ1) is 10.6. The molecule has 1 nitrogen and oxygen atoms in total. The Bertz CT molecular complexity index is 309. The average Bonchev–Trinajstić information content (AvgIpc) is 2.73. The molecule has 0 aromatic heterocycles.